The molecule has 2 aromatic heterocycles. The van der Waals surface area contributed by atoms with Gasteiger partial charge in [0, 0.05) is 29.8 Å². The highest BCUT2D eigenvalue weighted by atomic mass is 32.1. The minimum Gasteiger partial charge on any atom is -0.508 e. The van der Waals surface area contributed by atoms with Crippen LogP contribution in [0.3, 0.4) is 0 Å². The van der Waals surface area contributed by atoms with Gasteiger partial charge >= 0.3 is 0 Å². The predicted molar refractivity (Wildman–Crippen MR) is 71.4 cm³/mol. The van der Waals surface area contributed by atoms with Crippen LogP contribution in [-0.4, -0.2) is 19.9 Å². The van der Waals surface area contributed by atoms with Crippen molar-refractivity contribution in [2.24, 2.45) is 7.05 Å². The molecule has 4 nitrogen and oxygen atoms in total. The van der Waals surface area contributed by atoms with Gasteiger partial charge in [0.1, 0.15) is 10.8 Å². The van der Waals surface area contributed by atoms with E-state index in [0.29, 0.717) is 0 Å². The Hall–Kier alpha value is -2.14. The summed E-state index contributed by atoms with van der Waals surface area (Å²) in [4.78, 5) is 4.58. The van der Waals surface area contributed by atoms with E-state index in [9.17, 15) is 5.11 Å². The van der Waals surface area contributed by atoms with Crippen LogP contribution in [0, 0.1) is 0 Å². The summed E-state index contributed by atoms with van der Waals surface area (Å²) in [6, 6.07) is 7.06. The number of phenolic OH excluding ortho intramolecular Hbond substituents is 1. The molecule has 1 N–H and O–H groups in total. The fraction of sp³-hybridized carbons (Fsp3) is 0.0769. The molecule has 90 valence electrons. The molecular weight excluding hydrogens is 246 g/mol. The first-order valence-electron chi connectivity index (χ1n) is 5.46. The van der Waals surface area contributed by atoms with Crippen LogP contribution in [0.2, 0.25) is 0 Å². The van der Waals surface area contributed by atoms with E-state index in [2.05, 4.69) is 10.1 Å². The molecular formula is C13H11N3OS. The molecule has 0 aliphatic heterocycles. The number of thiazole rings is 1. The number of hydrogen-bond acceptors (Lipinski definition) is 4. The molecule has 0 aliphatic rings. The van der Waals surface area contributed by atoms with Gasteiger partial charge < -0.3 is 5.11 Å². The normalized spacial score (nSPS) is 10.7. The molecule has 0 radical (unpaired) electrons. The first-order valence-corrected chi connectivity index (χ1v) is 6.34. The Kier molecular flexibility index (Phi) is 2.60. The van der Waals surface area contributed by atoms with Crippen LogP contribution in [-0.2, 0) is 7.05 Å². The average Bonchev–Trinajstić information content (AvgIpc) is 2.98. The van der Waals surface area contributed by atoms with Crippen molar-refractivity contribution in [1.29, 1.82) is 0 Å². The van der Waals surface area contributed by atoms with Gasteiger partial charge in [0.05, 0.1) is 11.9 Å². The molecule has 0 fully saturated rings. The third kappa shape index (κ3) is 2.00. The minimum absolute atomic E-state index is 0.266. The fourth-order valence-corrected chi connectivity index (χ4v) is 2.53. The molecule has 1 aromatic carbocycles. The molecule has 0 atom stereocenters. The third-order valence-corrected chi connectivity index (χ3v) is 3.51. The maximum Gasteiger partial charge on any atom is 0.124 e. The van der Waals surface area contributed by atoms with Gasteiger partial charge in [-0.15, -0.1) is 11.3 Å². The van der Waals surface area contributed by atoms with Crippen molar-refractivity contribution in [3.05, 3.63) is 42.0 Å². The Morgan fingerprint density at radius 3 is 2.61 bits per heavy atom. The van der Waals surface area contributed by atoms with E-state index in [-0.39, 0.29) is 5.75 Å². The first-order chi connectivity index (χ1) is 8.72. The number of rotatable bonds is 2. The zero-order valence-corrected chi connectivity index (χ0v) is 10.6. The third-order valence-electron chi connectivity index (χ3n) is 2.62. The topological polar surface area (TPSA) is 50.9 Å². The van der Waals surface area contributed by atoms with Gasteiger partial charge in [-0.2, -0.15) is 5.10 Å². The van der Waals surface area contributed by atoms with Crippen LogP contribution in [0.1, 0.15) is 0 Å². The van der Waals surface area contributed by atoms with Crippen LogP contribution in [0.5, 0.6) is 5.75 Å². The lowest BCUT2D eigenvalue weighted by Gasteiger charge is -1.95. The van der Waals surface area contributed by atoms with E-state index in [1.165, 1.54) is 0 Å². The van der Waals surface area contributed by atoms with E-state index in [4.69, 9.17) is 0 Å². The number of nitrogens with zero attached hydrogens (tertiary/aromatic N) is 3. The van der Waals surface area contributed by atoms with E-state index in [0.717, 1.165) is 21.8 Å². The van der Waals surface area contributed by atoms with Gasteiger partial charge in [-0.1, -0.05) is 0 Å². The summed E-state index contributed by atoms with van der Waals surface area (Å²) >= 11 is 1.58. The number of benzene rings is 1. The second-order valence-electron chi connectivity index (χ2n) is 3.99. The van der Waals surface area contributed by atoms with Crippen molar-refractivity contribution in [3.8, 4) is 27.6 Å². The van der Waals surface area contributed by atoms with Crippen LogP contribution in [0.25, 0.3) is 21.8 Å². The summed E-state index contributed by atoms with van der Waals surface area (Å²) in [6.45, 7) is 0. The number of aromatic nitrogens is 3. The molecule has 0 amide bonds. The van der Waals surface area contributed by atoms with E-state index >= 15 is 0 Å². The molecule has 2 heterocycles. The molecule has 0 aliphatic carbocycles. The maximum atomic E-state index is 9.26. The minimum atomic E-state index is 0.266. The monoisotopic (exact) mass is 257 g/mol. The molecule has 0 saturated heterocycles. The van der Waals surface area contributed by atoms with Gasteiger partial charge in [0.2, 0.25) is 0 Å². The van der Waals surface area contributed by atoms with E-state index in [1.807, 2.05) is 30.8 Å². The smallest absolute Gasteiger partial charge is 0.124 e. The SMILES string of the molecule is Cn1cc(-c2csc(-c3ccc(O)cc3)n2)cn1. The Labute approximate surface area is 108 Å². The lowest BCUT2D eigenvalue weighted by Crippen LogP contribution is -1.84. The number of phenols is 1. The molecule has 5 heteroatoms. The highest BCUT2D eigenvalue weighted by molar-refractivity contribution is 7.13. The van der Waals surface area contributed by atoms with Gasteiger partial charge in [0.15, 0.2) is 0 Å². The summed E-state index contributed by atoms with van der Waals surface area (Å²) in [6.07, 6.45) is 3.74. The highest BCUT2D eigenvalue weighted by Gasteiger charge is 2.07. The number of hydrogen-bond donors (Lipinski definition) is 1. The average molecular weight is 257 g/mol. The van der Waals surface area contributed by atoms with Crippen LogP contribution in [0.15, 0.2) is 42.0 Å². The summed E-state index contributed by atoms with van der Waals surface area (Å²) in [7, 11) is 1.89. The van der Waals surface area contributed by atoms with E-state index in [1.54, 1.807) is 34.3 Å². The lowest BCUT2D eigenvalue weighted by atomic mass is 10.2. The lowest BCUT2D eigenvalue weighted by molar-refractivity contribution is 0.475. The first kappa shape index (κ1) is 11.0. The van der Waals surface area contributed by atoms with Crippen LogP contribution in [0.4, 0.5) is 0 Å². The molecule has 3 rings (SSSR count). The maximum absolute atomic E-state index is 9.26. The van der Waals surface area contributed by atoms with Gasteiger partial charge in [0.25, 0.3) is 0 Å². The summed E-state index contributed by atoms with van der Waals surface area (Å²) in [5.41, 5.74) is 2.95. The second kappa shape index (κ2) is 4.27. The van der Waals surface area contributed by atoms with Crippen molar-refractivity contribution >= 4 is 11.3 Å². The molecule has 3 aromatic rings. The van der Waals surface area contributed by atoms with Crippen molar-refractivity contribution in [3.63, 3.8) is 0 Å². The van der Waals surface area contributed by atoms with E-state index < -0.39 is 0 Å². The van der Waals surface area contributed by atoms with Crippen molar-refractivity contribution in [1.82, 2.24) is 14.8 Å². The standard InChI is InChI=1S/C13H11N3OS/c1-16-7-10(6-14-16)12-8-18-13(15-12)9-2-4-11(17)5-3-9/h2-8,17H,1H3. The number of aromatic hydroxyl groups is 1. The Bertz CT molecular complexity index is 670. The summed E-state index contributed by atoms with van der Waals surface area (Å²) in [5, 5.41) is 16.3. The predicted octanol–water partition coefficient (Wildman–Crippen LogP) is 2.92. The van der Waals surface area contributed by atoms with Gasteiger partial charge in [-0.3, -0.25) is 4.68 Å². The molecule has 0 unspecified atom stereocenters. The summed E-state index contributed by atoms with van der Waals surface area (Å²) < 4.78 is 1.76. The quantitative estimate of drug-likeness (QED) is 0.768. The van der Waals surface area contributed by atoms with Crippen molar-refractivity contribution in [2.45, 2.75) is 0 Å². The second-order valence-corrected chi connectivity index (χ2v) is 4.85. The Balaban J connectivity index is 1.96. The molecule has 0 bridgehead atoms. The zero-order valence-electron chi connectivity index (χ0n) is 9.74. The van der Waals surface area contributed by atoms with Crippen LogP contribution >= 0.6 is 11.3 Å². The van der Waals surface area contributed by atoms with Crippen molar-refractivity contribution < 1.29 is 5.11 Å². The Morgan fingerprint density at radius 1 is 1.17 bits per heavy atom. The molecule has 0 spiro atoms. The fourth-order valence-electron chi connectivity index (χ4n) is 1.70. The van der Waals surface area contributed by atoms with Gasteiger partial charge in [-0.05, 0) is 24.3 Å². The zero-order chi connectivity index (χ0) is 12.5. The molecule has 0 saturated carbocycles. The number of aryl methyl sites for hydroxylation is 1. The molecule has 18 heavy (non-hydrogen) atoms. The van der Waals surface area contributed by atoms with Gasteiger partial charge in [-0.25, -0.2) is 4.98 Å². The largest absolute Gasteiger partial charge is 0.508 e. The highest BCUT2D eigenvalue weighted by Crippen LogP contribution is 2.29. The summed E-state index contributed by atoms with van der Waals surface area (Å²) in [5.74, 6) is 0.266. The van der Waals surface area contributed by atoms with Crippen molar-refractivity contribution in [2.75, 3.05) is 0 Å². The Morgan fingerprint density at radius 2 is 1.94 bits per heavy atom. The van der Waals surface area contributed by atoms with Crippen LogP contribution < -0.4 is 0 Å².